The highest BCUT2D eigenvalue weighted by atomic mass is 35.5. The van der Waals surface area contributed by atoms with Gasteiger partial charge in [0.05, 0.1) is 5.52 Å². The van der Waals surface area contributed by atoms with Crippen LogP contribution in [0.4, 0.5) is 4.39 Å². The number of nitrogens with zero attached hydrogens (tertiary/aromatic N) is 2. The van der Waals surface area contributed by atoms with Gasteiger partial charge in [0.1, 0.15) is 11.0 Å². The fourth-order valence-electron chi connectivity index (χ4n) is 1.28. The van der Waals surface area contributed by atoms with Crippen LogP contribution >= 0.6 is 11.6 Å². The Morgan fingerprint density at radius 2 is 2.31 bits per heavy atom. The van der Waals surface area contributed by atoms with E-state index in [1.165, 1.54) is 12.1 Å². The van der Waals surface area contributed by atoms with Crippen molar-refractivity contribution in [1.82, 2.24) is 9.78 Å². The third kappa shape index (κ3) is 1.29. The monoisotopic (exact) mass is 198 g/mol. The van der Waals surface area contributed by atoms with Gasteiger partial charge in [-0.25, -0.2) is 4.39 Å². The van der Waals surface area contributed by atoms with Crippen LogP contribution in [-0.4, -0.2) is 9.78 Å². The Morgan fingerprint density at radius 3 is 3.00 bits per heavy atom. The predicted octanol–water partition coefficient (Wildman–Crippen LogP) is 2.85. The zero-order valence-corrected chi connectivity index (χ0v) is 7.85. The summed E-state index contributed by atoms with van der Waals surface area (Å²) in [4.78, 5) is 0. The third-order valence-electron chi connectivity index (χ3n) is 1.94. The molecule has 0 saturated carbocycles. The van der Waals surface area contributed by atoms with Crippen LogP contribution in [-0.2, 0) is 6.54 Å². The molecule has 1 aromatic heterocycles. The molecular weight excluding hydrogens is 191 g/mol. The van der Waals surface area contributed by atoms with E-state index in [1.54, 1.807) is 10.7 Å². The Hall–Kier alpha value is -1.09. The van der Waals surface area contributed by atoms with Gasteiger partial charge in [-0.2, -0.15) is 5.10 Å². The highest BCUT2D eigenvalue weighted by Crippen LogP contribution is 2.23. The molecule has 4 heteroatoms. The van der Waals surface area contributed by atoms with Crippen LogP contribution in [0.5, 0.6) is 0 Å². The maximum atomic E-state index is 12.8. The minimum atomic E-state index is -0.287. The smallest absolute Gasteiger partial charge is 0.134 e. The fraction of sp³-hybridized carbons (Fsp3) is 0.222. The maximum absolute atomic E-state index is 12.8. The average Bonchev–Trinajstić information content (AvgIpc) is 2.44. The first-order valence-electron chi connectivity index (χ1n) is 4.04. The van der Waals surface area contributed by atoms with Crippen molar-refractivity contribution in [2.24, 2.45) is 0 Å². The van der Waals surface area contributed by atoms with Crippen molar-refractivity contribution in [3.05, 3.63) is 29.2 Å². The number of benzene rings is 1. The Kier molecular flexibility index (Phi) is 1.96. The van der Waals surface area contributed by atoms with Gasteiger partial charge in [0.2, 0.25) is 0 Å². The molecule has 0 unspecified atom stereocenters. The lowest BCUT2D eigenvalue weighted by molar-refractivity contribution is 0.630. The van der Waals surface area contributed by atoms with Gasteiger partial charge in [0.15, 0.2) is 0 Å². The molecule has 0 atom stereocenters. The van der Waals surface area contributed by atoms with E-state index in [1.807, 2.05) is 6.92 Å². The van der Waals surface area contributed by atoms with Crippen molar-refractivity contribution in [2.45, 2.75) is 13.5 Å². The summed E-state index contributed by atoms with van der Waals surface area (Å²) in [7, 11) is 0. The van der Waals surface area contributed by atoms with Crippen molar-refractivity contribution in [1.29, 1.82) is 0 Å². The first-order valence-corrected chi connectivity index (χ1v) is 4.41. The topological polar surface area (TPSA) is 17.8 Å². The molecule has 0 spiro atoms. The van der Waals surface area contributed by atoms with E-state index >= 15 is 0 Å². The van der Waals surface area contributed by atoms with Gasteiger partial charge in [-0.15, -0.1) is 0 Å². The standard InChI is InChI=1S/C9H8ClFN2/c1-2-13-9(10)7-5-6(11)3-4-8(7)12-13/h3-5H,2H2,1H3. The van der Waals surface area contributed by atoms with E-state index in [4.69, 9.17) is 11.6 Å². The van der Waals surface area contributed by atoms with Gasteiger partial charge >= 0.3 is 0 Å². The van der Waals surface area contributed by atoms with Crippen LogP contribution in [0, 0.1) is 5.82 Å². The number of aromatic nitrogens is 2. The minimum absolute atomic E-state index is 0.287. The Bertz CT molecular complexity index is 450. The number of hydrogen-bond donors (Lipinski definition) is 0. The Labute approximate surface area is 79.9 Å². The molecular formula is C9H8ClFN2. The van der Waals surface area contributed by atoms with Gasteiger partial charge in [-0.1, -0.05) is 11.6 Å². The number of halogens is 2. The molecule has 0 aliphatic heterocycles. The molecule has 1 heterocycles. The van der Waals surface area contributed by atoms with Crippen LogP contribution in [0.3, 0.4) is 0 Å². The summed E-state index contributed by atoms with van der Waals surface area (Å²) in [6.45, 7) is 2.63. The summed E-state index contributed by atoms with van der Waals surface area (Å²) in [6, 6.07) is 4.41. The van der Waals surface area contributed by atoms with Crippen LogP contribution in [0.15, 0.2) is 18.2 Å². The van der Waals surface area contributed by atoms with Gasteiger partial charge in [-0.3, -0.25) is 4.68 Å². The van der Waals surface area contributed by atoms with Gasteiger partial charge < -0.3 is 0 Å². The molecule has 2 aromatic rings. The average molecular weight is 199 g/mol. The second-order valence-electron chi connectivity index (χ2n) is 2.77. The van der Waals surface area contributed by atoms with Crippen molar-refractivity contribution in [3.8, 4) is 0 Å². The predicted molar refractivity (Wildman–Crippen MR) is 50.4 cm³/mol. The zero-order chi connectivity index (χ0) is 9.42. The Balaban J connectivity index is 2.77. The van der Waals surface area contributed by atoms with E-state index < -0.39 is 0 Å². The molecule has 0 radical (unpaired) electrons. The SMILES string of the molecule is CCn1nc2ccc(F)cc2c1Cl. The molecule has 0 bridgehead atoms. The maximum Gasteiger partial charge on any atom is 0.134 e. The minimum Gasteiger partial charge on any atom is -0.253 e. The van der Waals surface area contributed by atoms with Crippen LogP contribution in [0.1, 0.15) is 6.92 Å². The van der Waals surface area contributed by atoms with Crippen LogP contribution < -0.4 is 0 Å². The van der Waals surface area contributed by atoms with E-state index in [0.717, 1.165) is 5.52 Å². The molecule has 13 heavy (non-hydrogen) atoms. The molecule has 2 nitrogen and oxygen atoms in total. The molecule has 0 aliphatic rings. The summed E-state index contributed by atoms with van der Waals surface area (Å²) < 4.78 is 14.5. The number of rotatable bonds is 1. The Morgan fingerprint density at radius 1 is 1.54 bits per heavy atom. The molecule has 0 saturated heterocycles. The first kappa shape index (κ1) is 8.51. The second-order valence-corrected chi connectivity index (χ2v) is 3.13. The van der Waals surface area contributed by atoms with E-state index in [9.17, 15) is 4.39 Å². The summed E-state index contributed by atoms with van der Waals surface area (Å²) in [5, 5.41) is 5.36. The molecule has 68 valence electrons. The largest absolute Gasteiger partial charge is 0.253 e. The third-order valence-corrected chi connectivity index (χ3v) is 2.33. The molecule has 0 fully saturated rings. The van der Waals surface area contributed by atoms with Crippen molar-refractivity contribution < 1.29 is 4.39 Å². The number of aryl methyl sites for hydroxylation is 1. The zero-order valence-electron chi connectivity index (χ0n) is 7.09. The van der Waals surface area contributed by atoms with Gasteiger partial charge in [-0.05, 0) is 25.1 Å². The van der Waals surface area contributed by atoms with Crippen molar-refractivity contribution in [2.75, 3.05) is 0 Å². The lowest BCUT2D eigenvalue weighted by Crippen LogP contribution is -1.94. The van der Waals surface area contributed by atoms with Gasteiger partial charge in [0.25, 0.3) is 0 Å². The highest BCUT2D eigenvalue weighted by Gasteiger charge is 2.07. The number of hydrogen-bond acceptors (Lipinski definition) is 1. The van der Waals surface area contributed by atoms with E-state index in [2.05, 4.69) is 5.10 Å². The van der Waals surface area contributed by atoms with Crippen LogP contribution in [0.25, 0.3) is 10.9 Å². The summed E-state index contributed by atoms with van der Waals surface area (Å²) in [6.07, 6.45) is 0. The first-order chi connectivity index (χ1) is 6.22. The quantitative estimate of drug-likeness (QED) is 0.689. The second kappa shape index (κ2) is 3.00. The van der Waals surface area contributed by atoms with Crippen molar-refractivity contribution >= 4 is 22.5 Å². The normalized spacial score (nSPS) is 11.0. The molecule has 1 aromatic carbocycles. The highest BCUT2D eigenvalue weighted by molar-refractivity contribution is 6.34. The van der Waals surface area contributed by atoms with E-state index in [-0.39, 0.29) is 5.82 Å². The molecule has 0 N–H and O–H groups in total. The fourth-order valence-corrected chi connectivity index (χ4v) is 1.59. The van der Waals surface area contributed by atoms with Crippen LogP contribution in [0.2, 0.25) is 5.15 Å². The lowest BCUT2D eigenvalue weighted by Gasteiger charge is -1.94. The number of fused-ring (bicyclic) bond motifs is 1. The molecule has 0 aliphatic carbocycles. The summed E-state index contributed by atoms with van der Waals surface area (Å²) in [5.41, 5.74) is 0.730. The lowest BCUT2D eigenvalue weighted by atomic mass is 10.2. The van der Waals surface area contributed by atoms with Crippen molar-refractivity contribution in [3.63, 3.8) is 0 Å². The molecule has 2 rings (SSSR count). The van der Waals surface area contributed by atoms with E-state index in [0.29, 0.717) is 17.1 Å². The molecule has 0 amide bonds. The summed E-state index contributed by atoms with van der Waals surface area (Å²) >= 11 is 5.96. The summed E-state index contributed by atoms with van der Waals surface area (Å²) in [5.74, 6) is -0.287. The van der Waals surface area contributed by atoms with Gasteiger partial charge in [0, 0.05) is 11.9 Å².